The smallest absolute Gasteiger partial charge is 0.410 e. The van der Waals surface area contributed by atoms with Crippen LogP contribution in [0.25, 0.3) is 0 Å². The highest BCUT2D eigenvalue weighted by molar-refractivity contribution is 7.82. The van der Waals surface area contributed by atoms with E-state index in [1.54, 1.807) is 12.4 Å². The quantitative estimate of drug-likeness (QED) is 0.452. The molecule has 0 N–H and O–H groups in total. The minimum atomic E-state index is -0.899. The van der Waals surface area contributed by atoms with E-state index in [9.17, 15) is 9.00 Å². The number of amides is 1. The predicted molar refractivity (Wildman–Crippen MR) is 143 cm³/mol. The molecule has 1 amide bonds. The van der Waals surface area contributed by atoms with E-state index in [2.05, 4.69) is 24.1 Å². The minimum absolute atomic E-state index is 0.176. The van der Waals surface area contributed by atoms with Crippen LogP contribution in [-0.4, -0.2) is 111 Å². The average Bonchev–Trinajstić information content (AvgIpc) is 3.41. The van der Waals surface area contributed by atoms with E-state index in [-0.39, 0.29) is 11.7 Å². The number of hydrogen-bond donors (Lipinski definition) is 0. The molecule has 1 atom stereocenters. The van der Waals surface area contributed by atoms with Crippen LogP contribution < -0.4 is 9.64 Å². The van der Waals surface area contributed by atoms with Crippen LogP contribution in [0.15, 0.2) is 12.4 Å². The van der Waals surface area contributed by atoms with Crippen molar-refractivity contribution in [2.45, 2.75) is 57.5 Å². The first-order valence-corrected chi connectivity index (χ1v) is 15.3. The second-order valence-electron chi connectivity index (χ2n) is 11.1. The number of anilines is 1. The molecule has 4 fully saturated rings. The lowest BCUT2D eigenvalue weighted by molar-refractivity contribution is 0.0454. The Morgan fingerprint density at radius 3 is 2.41 bits per heavy atom. The van der Waals surface area contributed by atoms with Gasteiger partial charge in [-0.15, -0.1) is 0 Å². The number of likely N-dealkylation sites (tertiary alicyclic amines) is 2. The minimum Gasteiger partial charge on any atom is -0.476 e. The van der Waals surface area contributed by atoms with E-state index in [0.29, 0.717) is 31.5 Å². The van der Waals surface area contributed by atoms with Gasteiger partial charge in [0, 0.05) is 45.0 Å². The Hall–Kier alpha value is -1.98. The van der Waals surface area contributed by atoms with E-state index in [4.69, 9.17) is 9.47 Å². The second-order valence-corrected chi connectivity index (χ2v) is 12.7. The summed E-state index contributed by atoms with van der Waals surface area (Å²) in [5, 5.41) is 0. The van der Waals surface area contributed by atoms with Gasteiger partial charge in [-0.05, 0) is 77.4 Å². The van der Waals surface area contributed by atoms with Crippen LogP contribution in [0.5, 0.6) is 5.88 Å². The molecule has 4 aliphatic rings. The third-order valence-electron chi connectivity index (χ3n) is 8.08. The Kier molecular flexibility index (Phi) is 8.82. The number of ether oxygens (including phenoxy) is 2. The fraction of sp³-hybridized carbons (Fsp3) is 0.808. The van der Waals surface area contributed by atoms with E-state index in [0.717, 1.165) is 76.4 Å². The zero-order valence-corrected chi connectivity index (χ0v) is 23.0. The van der Waals surface area contributed by atoms with Crippen LogP contribution in [0.3, 0.4) is 0 Å². The first-order valence-electron chi connectivity index (χ1n) is 14.0. The van der Waals surface area contributed by atoms with Gasteiger partial charge in [-0.3, -0.25) is 0 Å². The highest BCUT2D eigenvalue weighted by Gasteiger charge is 2.43. The van der Waals surface area contributed by atoms with Crippen molar-refractivity contribution in [3.05, 3.63) is 12.4 Å². The lowest BCUT2D eigenvalue weighted by atomic mass is 9.98. The Morgan fingerprint density at radius 2 is 1.76 bits per heavy atom. The highest BCUT2D eigenvalue weighted by Crippen LogP contribution is 2.39. The Morgan fingerprint density at radius 1 is 1.03 bits per heavy atom. The summed E-state index contributed by atoms with van der Waals surface area (Å²) in [6, 6.07) is 0. The normalized spacial score (nSPS) is 23.7. The molecule has 3 saturated heterocycles. The molecule has 5 rings (SSSR count). The molecule has 0 aromatic carbocycles. The predicted octanol–water partition coefficient (Wildman–Crippen LogP) is 2.53. The van der Waals surface area contributed by atoms with Crippen molar-refractivity contribution < 1.29 is 18.5 Å². The number of aromatic nitrogens is 2. The van der Waals surface area contributed by atoms with Crippen molar-refractivity contribution in [2.75, 3.05) is 76.2 Å². The monoisotopic (exact) mass is 534 g/mol. The fourth-order valence-electron chi connectivity index (χ4n) is 5.25. The molecular formula is C26H42N6O4S. The number of carbonyl (C=O) groups is 1. The van der Waals surface area contributed by atoms with Crippen molar-refractivity contribution in [1.29, 1.82) is 0 Å². The molecule has 1 unspecified atom stereocenters. The van der Waals surface area contributed by atoms with Gasteiger partial charge in [0.05, 0.1) is 30.0 Å². The Bertz CT molecular complexity index is 908. The summed E-state index contributed by atoms with van der Waals surface area (Å²) in [4.78, 5) is 27.8. The zero-order valence-electron chi connectivity index (χ0n) is 22.2. The molecule has 0 bridgehead atoms. The molecule has 0 spiro atoms. The van der Waals surface area contributed by atoms with Gasteiger partial charge in [-0.2, -0.15) is 0 Å². The number of carbonyl (C=O) groups excluding carboxylic acids is 1. The SMILES string of the molecule is CC1(OC(=O)N2CCC(COc3cnc(N4CCN(S(=O)CCCN5CCCC5)CC4)cn3)CC2)CC1. The molecule has 3 aliphatic heterocycles. The largest absolute Gasteiger partial charge is 0.476 e. The number of piperidine rings is 1. The second kappa shape index (κ2) is 12.3. The molecule has 1 aromatic rings. The van der Waals surface area contributed by atoms with Gasteiger partial charge in [0.1, 0.15) is 11.4 Å². The van der Waals surface area contributed by atoms with Gasteiger partial charge < -0.3 is 24.2 Å². The molecule has 206 valence electrons. The molecule has 1 aromatic heterocycles. The molecule has 37 heavy (non-hydrogen) atoms. The summed E-state index contributed by atoms with van der Waals surface area (Å²) in [5.41, 5.74) is -0.221. The zero-order chi connectivity index (χ0) is 25.7. The van der Waals surface area contributed by atoms with Crippen molar-refractivity contribution in [2.24, 2.45) is 5.92 Å². The van der Waals surface area contributed by atoms with E-state index >= 15 is 0 Å². The van der Waals surface area contributed by atoms with Crippen LogP contribution in [0.4, 0.5) is 10.6 Å². The number of hydrogen-bond acceptors (Lipinski definition) is 8. The van der Waals surface area contributed by atoms with Crippen LogP contribution in [0, 0.1) is 5.92 Å². The van der Waals surface area contributed by atoms with Crippen LogP contribution in [-0.2, 0) is 15.7 Å². The van der Waals surface area contributed by atoms with Gasteiger partial charge in [-0.1, -0.05) is 0 Å². The topological polar surface area (TPSA) is 91.3 Å². The maximum atomic E-state index is 12.7. The average molecular weight is 535 g/mol. The Labute approximate surface area is 223 Å². The number of piperazine rings is 1. The standard InChI is InChI=1S/C26H42N6O4S/c1-26(7-8-26)36-25(33)31-12-5-22(6-13-31)21-35-24-20-27-23(19-28-24)30-14-16-32(17-15-30)37(34)18-4-11-29-9-2-3-10-29/h19-20,22H,2-18,21H2,1H3. The van der Waals surface area contributed by atoms with Crippen LogP contribution in [0.1, 0.15) is 51.9 Å². The van der Waals surface area contributed by atoms with Crippen LogP contribution >= 0.6 is 0 Å². The Balaban J connectivity index is 0.975. The highest BCUT2D eigenvalue weighted by atomic mass is 32.2. The lowest BCUT2D eigenvalue weighted by Gasteiger charge is -2.34. The van der Waals surface area contributed by atoms with Crippen molar-refractivity contribution >= 4 is 22.9 Å². The van der Waals surface area contributed by atoms with E-state index < -0.39 is 11.0 Å². The molecule has 10 nitrogen and oxygen atoms in total. The number of rotatable bonds is 10. The van der Waals surface area contributed by atoms with Crippen molar-refractivity contribution in [3.8, 4) is 5.88 Å². The van der Waals surface area contributed by atoms with Gasteiger partial charge in [0.25, 0.3) is 0 Å². The van der Waals surface area contributed by atoms with Gasteiger partial charge in [0.15, 0.2) is 0 Å². The maximum absolute atomic E-state index is 12.7. The fourth-order valence-corrected chi connectivity index (χ4v) is 6.46. The summed E-state index contributed by atoms with van der Waals surface area (Å²) in [6.07, 6.45) is 10.7. The molecule has 1 aliphatic carbocycles. The summed E-state index contributed by atoms with van der Waals surface area (Å²) < 4.78 is 26.3. The first kappa shape index (κ1) is 26.6. The first-order chi connectivity index (χ1) is 18.0. The van der Waals surface area contributed by atoms with E-state index in [1.807, 2.05) is 11.8 Å². The van der Waals surface area contributed by atoms with Gasteiger partial charge in [-0.25, -0.2) is 23.3 Å². The van der Waals surface area contributed by atoms with Crippen molar-refractivity contribution in [1.82, 2.24) is 24.1 Å². The molecule has 0 radical (unpaired) electrons. The van der Waals surface area contributed by atoms with Gasteiger partial charge >= 0.3 is 6.09 Å². The summed E-state index contributed by atoms with van der Waals surface area (Å²) in [6.45, 7) is 10.6. The molecule has 1 saturated carbocycles. The van der Waals surface area contributed by atoms with Crippen LogP contribution in [0.2, 0.25) is 0 Å². The molecular weight excluding hydrogens is 492 g/mol. The third kappa shape index (κ3) is 7.54. The summed E-state index contributed by atoms with van der Waals surface area (Å²) >= 11 is 0. The number of nitrogens with zero attached hydrogens (tertiary/aromatic N) is 6. The summed E-state index contributed by atoms with van der Waals surface area (Å²) in [7, 11) is -0.899. The lowest BCUT2D eigenvalue weighted by Crippen LogP contribution is -2.47. The maximum Gasteiger partial charge on any atom is 0.410 e. The van der Waals surface area contributed by atoms with E-state index in [1.165, 1.54) is 25.9 Å². The molecule has 4 heterocycles. The summed E-state index contributed by atoms with van der Waals surface area (Å²) in [5.74, 6) is 2.52. The van der Waals surface area contributed by atoms with Crippen molar-refractivity contribution in [3.63, 3.8) is 0 Å². The third-order valence-corrected chi connectivity index (χ3v) is 9.66. The van der Waals surface area contributed by atoms with Gasteiger partial charge in [0.2, 0.25) is 5.88 Å². The molecule has 11 heteroatoms.